The lowest BCUT2D eigenvalue weighted by Crippen LogP contribution is -1.87. The van der Waals surface area contributed by atoms with Gasteiger partial charge < -0.3 is 5.11 Å². The van der Waals surface area contributed by atoms with Gasteiger partial charge >= 0.3 is 0 Å². The molecule has 0 amide bonds. The number of fused-ring (bicyclic) bond motifs is 1. The lowest BCUT2D eigenvalue weighted by atomic mass is 10.0. The summed E-state index contributed by atoms with van der Waals surface area (Å²) in [6, 6.07) is 4.26. The van der Waals surface area contributed by atoms with Gasteiger partial charge in [0.1, 0.15) is 0 Å². The number of aryl methyl sites for hydroxylation is 2. The SMILES string of the molecule is CCc1c(C)ccc2c(CO)csc12. The number of rotatable bonds is 2. The summed E-state index contributed by atoms with van der Waals surface area (Å²) in [6.45, 7) is 4.48. The molecule has 1 aromatic heterocycles. The van der Waals surface area contributed by atoms with Gasteiger partial charge in [-0.3, -0.25) is 0 Å². The van der Waals surface area contributed by atoms with Crippen LogP contribution in [0.3, 0.4) is 0 Å². The number of aliphatic hydroxyl groups is 1. The van der Waals surface area contributed by atoms with E-state index in [1.54, 1.807) is 11.3 Å². The highest BCUT2D eigenvalue weighted by atomic mass is 32.1. The van der Waals surface area contributed by atoms with Crippen LogP contribution < -0.4 is 0 Å². The van der Waals surface area contributed by atoms with Gasteiger partial charge in [0.15, 0.2) is 0 Å². The van der Waals surface area contributed by atoms with Crippen LogP contribution in [0.1, 0.15) is 23.6 Å². The Bertz CT molecular complexity index is 457. The summed E-state index contributed by atoms with van der Waals surface area (Å²) < 4.78 is 1.34. The normalized spacial score (nSPS) is 11.1. The zero-order chi connectivity index (χ0) is 10.1. The van der Waals surface area contributed by atoms with Crippen LogP contribution in [-0.2, 0) is 13.0 Å². The van der Waals surface area contributed by atoms with Gasteiger partial charge in [-0.2, -0.15) is 0 Å². The second kappa shape index (κ2) is 3.71. The summed E-state index contributed by atoms with van der Waals surface area (Å²) >= 11 is 1.74. The summed E-state index contributed by atoms with van der Waals surface area (Å²) in [5.41, 5.74) is 3.83. The van der Waals surface area contributed by atoms with Gasteiger partial charge in [-0.15, -0.1) is 11.3 Å². The van der Waals surface area contributed by atoms with Crippen molar-refractivity contribution in [1.82, 2.24) is 0 Å². The average Bonchev–Trinajstić information content (AvgIpc) is 2.60. The predicted octanol–water partition coefficient (Wildman–Crippen LogP) is 3.26. The fourth-order valence-electron chi connectivity index (χ4n) is 1.87. The van der Waals surface area contributed by atoms with Crippen molar-refractivity contribution in [3.63, 3.8) is 0 Å². The molecule has 0 fully saturated rings. The second-order valence-electron chi connectivity index (χ2n) is 3.51. The Morgan fingerprint density at radius 3 is 2.79 bits per heavy atom. The van der Waals surface area contributed by atoms with E-state index in [9.17, 15) is 0 Å². The van der Waals surface area contributed by atoms with Crippen LogP contribution in [-0.4, -0.2) is 5.11 Å². The van der Waals surface area contributed by atoms with Crippen molar-refractivity contribution in [2.24, 2.45) is 0 Å². The van der Waals surface area contributed by atoms with E-state index in [0.717, 1.165) is 12.0 Å². The molecule has 0 saturated heterocycles. The van der Waals surface area contributed by atoms with Crippen molar-refractivity contribution in [3.8, 4) is 0 Å². The first-order valence-electron chi connectivity index (χ1n) is 4.87. The Hall–Kier alpha value is -0.860. The molecule has 1 N–H and O–H groups in total. The lowest BCUT2D eigenvalue weighted by molar-refractivity contribution is 0.284. The molecule has 0 radical (unpaired) electrons. The van der Waals surface area contributed by atoms with Crippen molar-refractivity contribution in [2.75, 3.05) is 0 Å². The zero-order valence-corrected chi connectivity index (χ0v) is 9.32. The van der Waals surface area contributed by atoms with E-state index in [-0.39, 0.29) is 6.61 Å². The molecule has 2 heteroatoms. The topological polar surface area (TPSA) is 20.2 Å². The van der Waals surface area contributed by atoms with Crippen LogP contribution in [0.15, 0.2) is 17.5 Å². The molecule has 2 aromatic rings. The molecule has 0 spiro atoms. The third kappa shape index (κ3) is 1.35. The Kier molecular flexibility index (Phi) is 2.57. The molecule has 0 atom stereocenters. The maximum atomic E-state index is 9.16. The Labute approximate surface area is 88.0 Å². The molecule has 1 nitrogen and oxygen atoms in total. The van der Waals surface area contributed by atoms with E-state index in [1.165, 1.54) is 21.2 Å². The fourth-order valence-corrected chi connectivity index (χ4v) is 3.10. The summed E-state index contributed by atoms with van der Waals surface area (Å²) in [5, 5.41) is 12.4. The Morgan fingerprint density at radius 2 is 2.14 bits per heavy atom. The van der Waals surface area contributed by atoms with Crippen LogP contribution >= 0.6 is 11.3 Å². The van der Waals surface area contributed by atoms with Crippen LogP contribution in [0.4, 0.5) is 0 Å². The van der Waals surface area contributed by atoms with Gasteiger partial charge in [0, 0.05) is 4.70 Å². The molecule has 0 aliphatic heterocycles. The fraction of sp³-hybridized carbons (Fsp3) is 0.333. The summed E-state index contributed by atoms with van der Waals surface area (Å²) in [4.78, 5) is 0. The highest BCUT2D eigenvalue weighted by molar-refractivity contribution is 7.17. The zero-order valence-electron chi connectivity index (χ0n) is 8.50. The number of aliphatic hydroxyl groups excluding tert-OH is 1. The number of benzene rings is 1. The molecule has 14 heavy (non-hydrogen) atoms. The molecule has 0 aliphatic carbocycles. The van der Waals surface area contributed by atoms with Crippen LogP contribution in [0.5, 0.6) is 0 Å². The highest BCUT2D eigenvalue weighted by Gasteiger charge is 2.08. The molecule has 2 rings (SSSR count). The number of thiophene rings is 1. The van der Waals surface area contributed by atoms with Gasteiger partial charge in [-0.25, -0.2) is 0 Å². The largest absolute Gasteiger partial charge is 0.392 e. The molecule has 0 saturated carbocycles. The minimum Gasteiger partial charge on any atom is -0.392 e. The monoisotopic (exact) mass is 206 g/mol. The lowest BCUT2D eigenvalue weighted by Gasteiger charge is -2.04. The van der Waals surface area contributed by atoms with Gasteiger partial charge in [0.25, 0.3) is 0 Å². The maximum absolute atomic E-state index is 9.16. The van der Waals surface area contributed by atoms with E-state index in [4.69, 9.17) is 5.11 Å². The predicted molar refractivity (Wildman–Crippen MR) is 61.9 cm³/mol. The van der Waals surface area contributed by atoms with Gasteiger partial charge in [-0.1, -0.05) is 19.1 Å². The molecule has 1 heterocycles. The third-order valence-corrected chi connectivity index (χ3v) is 3.79. The second-order valence-corrected chi connectivity index (χ2v) is 4.39. The van der Waals surface area contributed by atoms with E-state index in [1.807, 2.05) is 0 Å². The minimum absolute atomic E-state index is 0.145. The van der Waals surface area contributed by atoms with E-state index in [2.05, 4.69) is 31.4 Å². The van der Waals surface area contributed by atoms with Gasteiger partial charge in [0.2, 0.25) is 0 Å². The number of hydrogen-bond donors (Lipinski definition) is 1. The van der Waals surface area contributed by atoms with E-state index in [0.29, 0.717) is 0 Å². The summed E-state index contributed by atoms with van der Waals surface area (Å²) in [7, 11) is 0. The first kappa shape index (κ1) is 9.69. The van der Waals surface area contributed by atoms with Crippen molar-refractivity contribution < 1.29 is 5.11 Å². The van der Waals surface area contributed by atoms with Crippen LogP contribution in [0.25, 0.3) is 10.1 Å². The molecule has 74 valence electrons. The van der Waals surface area contributed by atoms with Crippen molar-refractivity contribution >= 4 is 21.4 Å². The van der Waals surface area contributed by atoms with E-state index < -0.39 is 0 Å². The highest BCUT2D eigenvalue weighted by Crippen LogP contribution is 2.31. The van der Waals surface area contributed by atoms with Gasteiger partial charge in [-0.05, 0) is 40.8 Å². The van der Waals surface area contributed by atoms with Crippen molar-refractivity contribution in [3.05, 3.63) is 34.2 Å². The molecule has 1 aromatic carbocycles. The molecular formula is C12H14OS. The van der Waals surface area contributed by atoms with Crippen molar-refractivity contribution in [2.45, 2.75) is 26.9 Å². The van der Waals surface area contributed by atoms with Gasteiger partial charge in [0.05, 0.1) is 6.61 Å². The Morgan fingerprint density at radius 1 is 1.36 bits per heavy atom. The Balaban J connectivity index is 2.76. The smallest absolute Gasteiger partial charge is 0.0696 e. The van der Waals surface area contributed by atoms with E-state index >= 15 is 0 Å². The molecule has 0 bridgehead atoms. The standard InChI is InChI=1S/C12H14OS/c1-3-10-8(2)4-5-11-9(6-13)7-14-12(10)11/h4-5,7,13H,3,6H2,1-2H3. The average molecular weight is 206 g/mol. The maximum Gasteiger partial charge on any atom is 0.0696 e. The van der Waals surface area contributed by atoms with Crippen molar-refractivity contribution in [1.29, 1.82) is 0 Å². The minimum atomic E-state index is 0.145. The first-order chi connectivity index (χ1) is 6.77. The van der Waals surface area contributed by atoms with Crippen LogP contribution in [0.2, 0.25) is 0 Å². The summed E-state index contributed by atoms with van der Waals surface area (Å²) in [6.07, 6.45) is 1.06. The quantitative estimate of drug-likeness (QED) is 0.799. The molecule has 0 aliphatic rings. The molecular weight excluding hydrogens is 192 g/mol. The third-order valence-electron chi connectivity index (χ3n) is 2.68. The number of hydrogen-bond acceptors (Lipinski definition) is 2. The molecule has 0 unspecified atom stereocenters. The first-order valence-corrected chi connectivity index (χ1v) is 5.75. The van der Waals surface area contributed by atoms with Crippen LogP contribution in [0, 0.1) is 6.92 Å². The summed E-state index contributed by atoms with van der Waals surface area (Å²) in [5.74, 6) is 0.